The van der Waals surface area contributed by atoms with E-state index >= 15 is 0 Å². The first kappa shape index (κ1) is 15.3. The molecule has 4 nitrogen and oxygen atoms in total. The highest BCUT2D eigenvalue weighted by Crippen LogP contribution is 2.29. The van der Waals surface area contributed by atoms with Crippen molar-refractivity contribution in [1.29, 1.82) is 0 Å². The van der Waals surface area contributed by atoms with Gasteiger partial charge in [0.1, 0.15) is 0 Å². The third-order valence-electron chi connectivity index (χ3n) is 2.74. The van der Waals surface area contributed by atoms with Crippen molar-refractivity contribution < 1.29 is 19.0 Å². The quantitative estimate of drug-likeness (QED) is 0.743. The maximum atomic E-state index is 11.4. The summed E-state index contributed by atoms with van der Waals surface area (Å²) in [6.07, 6.45) is 0.707. The molecule has 0 aliphatic carbocycles. The molecule has 0 bridgehead atoms. The second-order valence-electron chi connectivity index (χ2n) is 4.78. The lowest BCUT2D eigenvalue weighted by Crippen LogP contribution is -2.15. The summed E-state index contributed by atoms with van der Waals surface area (Å²) in [7, 11) is 3.01. The minimum absolute atomic E-state index is 0.0914. The molecule has 0 amide bonds. The molecule has 1 rings (SSSR count). The van der Waals surface area contributed by atoms with Gasteiger partial charge < -0.3 is 14.2 Å². The summed E-state index contributed by atoms with van der Waals surface area (Å²) >= 11 is 0. The summed E-state index contributed by atoms with van der Waals surface area (Å²) in [6.45, 7) is 5.77. The Kier molecular flexibility index (Phi) is 5.67. The van der Waals surface area contributed by atoms with Crippen molar-refractivity contribution in [2.24, 2.45) is 5.92 Å². The molecule has 0 aliphatic heterocycles. The molecule has 0 radical (unpaired) electrons. The van der Waals surface area contributed by atoms with E-state index in [4.69, 9.17) is 14.2 Å². The van der Waals surface area contributed by atoms with Crippen molar-refractivity contribution >= 4 is 5.97 Å². The molecule has 0 spiro atoms. The zero-order valence-corrected chi connectivity index (χ0v) is 12.2. The van der Waals surface area contributed by atoms with Crippen LogP contribution < -0.4 is 9.47 Å². The number of methoxy groups -OCH3 is 2. The Labute approximate surface area is 114 Å². The van der Waals surface area contributed by atoms with Gasteiger partial charge in [0, 0.05) is 0 Å². The molecule has 1 aromatic carbocycles. The first-order valence-corrected chi connectivity index (χ1v) is 6.39. The number of rotatable bonds is 6. The summed E-state index contributed by atoms with van der Waals surface area (Å²) in [5.41, 5.74) is 1.02. The van der Waals surface area contributed by atoms with Crippen LogP contribution in [0.25, 0.3) is 0 Å². The van der Waals surface area contributed by atoms with Crippen molar-refractivity contribution in [3.8, 4) is 11.5 Å². The fourth-order valence-corrected chi connectivity index (χ4v) is 1.83. The van der Waals surface area contributed by atoms with E-state index in [-0.39, 0.29) is 18.0 Å². The van der Waals surface area contributed by atoms with Crippen LogP contribution in [-0.4, -0.2) is 26.3 Å². The Morgan fingerprint density at radius 3 is 2.37 bits per heavy atom. The zero-order chi connectivity index (χ0) is 14.4. The fourth-order valence-electron chi connectivity index (χ4n) is 1.83. The Hall–Kier alpha value is -1.71. The van der Waals surface area contributed by atoms with Gasteiger partial charge in [0.25, 0.3) is 0 Å². The van der Waals surface area contributed by atoms with Crippen molar-refractivity contribution in [3.63, 3.8) is 0 Å². The Balaban J connectivity index is 2.84. The molecular weight excluding hydrogens is 244 g/mol. The van der Waals surface area contributed by atoms with E-state index in [9.17, 15) is 4.79 Å². The zero-order valence-electron chi connectivity index (χ0n) is 12.2. The van der Waals surface area contributed by atoms with E-state index in [0.29, 0.717) is 17.9 Å². The summed E-state index contributed by atoms with van der Waals surface area (Å²) in [4.78, 5) is 11.4. The number of ether oxygens (including phenoxy) is 3. The van der Waals surface area contributed by atoms with E-state index in [2.05, 4.69) is 0 Å². The average molecular weight is 266 g/mol. The predicted octanol–water partition coefficient (Wildman–Crippen LogP) is 2.83. The fraction of sp³-hybridized carbons (Fsp3) is 0.533. The normalized spacial score (nSPS) is 12.1. The van der Waals surface area contributed by atoms with Crippen molar-refractivity contribution in [2.45, 2.75) is 33.3 Å². The van der Waals surface area contributed by atoms with Crippen LogP contribution in [-0.2, 0) is 16.0 Å². The van der Waals surface area contributed by atoms with Gasteiger partial charge in [-0.1, -0.05) is 13.0 Å². The summed E-state index contributed by atoms with van der Waals surface area (Å²) in [6, 6.07) is 5.72. The van der Waals surface area contributed by atoms with Gasteiger partial charge >= 0.3 is 5.97 Å². The molecular formula is C15H22O4. The number of esters is 1. The van der Waals surface area contributed by atoms with Crippen molar-refractivity contribution in [2.75, 3.05) is 14.2 Å². The molecule has 1 atom stereocenters. The summed E-state index contributed by atoms with van der Waals surface area (Å²) < 4.78 is 15.7. The van der Waals surface area contributed by atoms with Crippen molar-refractivity contribution in [3.05, 3.63) is 23.8 Å². The molecule has 0 saturated carbocycles. The minimum atomic E-state index is -0.207. The second-order valence-corrected chi connectivity index (χ2v) is 4.78. The van der Waals surface area contributed by atoms with Gasteiger partial charge in [-0.05, 0) is 38.0 Å². The Morgan fingerprint density at radius 2 is 1.84 bits per heavy atom. The second kappa shape index (κ2) is 7.02. The van der Waals surface area contributed by atoms with Crippen LogP contribution in [0.5, 0.6) is 11.5 Å². The van der Waals surface area contributed by atoms with E-state index in [0.717, 1.165) is 5.56 Å². The Morgan fingerprint density at radius 1 is 1.16 bits per heavy atom. The highest BCUT2D eigenvalue weighted by molar-refractivity contribution is 5.72. The number of carbonyl (C=O) groups is 1. The molecule has 0 heterocycles. The predicted molar refractivity (Wildman–Crippen MR) is 73.6 cm³/mol. The topological polar surface area (TPSA) is 44.8 Å². The number of carbonyl (C=O) groups excluding carboxylic acids is 1. The van der Waals surface area contributed by atoms with Gasteiger partial charge in [-0.3, -0.25) is 4.79 Å². The van der Waals surface area contributed by atoms with Crippen LogP contribution in [0.4, 0.5) is 0 Å². The number of hydrogen-bond acceptors (Lipinski definition) is 4. The largest absolute Gasteiger partial charge is 0.493 e. The summed E-state index contributed by atoms with van der Waals surface area (Å²) in [5, 5.41) is 0. The van der Waals surface area contributed by atoms with Crippen molar-refractivity contribution in [1.82, 2.24) is 0 Å². The van der Waals surface area contributed by atoms with Gasteiger partial charge in [0.2, 0.25) is 0 Å². The highest BCUT2D eigenvalue weighted by atomic mass is 16.5. The van der Waals surface area contributed by atoms with E-state index in [1.54, 1.807) is 7.11 Å². The molecule has 0 saturated heterocycles. The third-order valence-corrected chi connectivity index (χ3v) is 2.74. The van der Waals surface area contributed by atoms with Gasteiger partial charge in [-0.25, -0.2) is 0 Å². The number of hydrogen-bond donors (Lipinski definition) is 0. The lowest BCUT2D eigenvalue weighted by molar-refractivity contribution is -0.144. The lowest BCUT2D eigenvalue weighted by Gasteiger charge is -2.15. The molecule has 19 heavy (non-hydrogen) atoms. The van der Waals surface area contributed by atoms with Gasteiger partial charge in [-0.15, -0.1) is 0 Å². The van der Waals surface area contributed by atoms with Gasteiger partial charge in [0.05, 0.1) is 26.2 Å². The molecule has 0 N–H and O–H groups in total. The van der Waals surface area contributed by atoms with Crippen LogP contribution in [0.2, 0.25) is 0 Å². The molecule has 0 fully saturated rings. The first-order valence-electron chi connectivity index (χ1n) is 6.39. The van der Waals surface area contributed by atoms with Gasteiger partial charge in [0.15, 0.2) is 11.5 Å². The SMILES string of the molecule is COC(=O)C(C)Cc1ccc(OC(C)C)c(OC)c1. The van der Waals surface area contributed by atoms with E-state index < -0.39 is 0 Å². The van der Waals surface area contributed by atoms with Crippen LogP contribution in [0.3, 0.4) is 0 Å². The maximum Gasteiger partial charge on any atom is 0.308 e. The Bertz CT molecular complexity index is 426. The molecule has 1 unspecified atom stereocenters. The standard InChI is InChI=1S/C15H22O4/c1-10(2)19-13-7-6-12(9-14(13)17-4)8-11(3)15(16)18-5/h6-7,9-11H,8H2,1-5H3. The third kappa shape index (κ3) is 4.47. The van der Waals surface area contributed by atoms with Crippen LogP contribution >= 0.6 is 0 Å². The summed E-state index contributed by atoms with van der Waals surface area (Å²) in [5.74, 6) is 1.02. The maximum absolute atomic E-state index is 11.4. The van der Waals surface area contributed by atoms with Crippen LogP contribution in [0.15, 0.2) is 18.2 Å². The molecule has 0 aromatic heterocycles. The highest BCUT2D eigenvalue weighted by Gasteiger charge is 2.15. The van der Waals surface area contributed by atoms with Crippen LogP contribution in [0.1, 0.15) is 26.3 Å². The minimum Gasteiger partial charge on any atom is -0.493 e. The molecule has 1 aromatic rings. The van der Waals surface area contributed by atoms with E-state index in [1.807, 2.05) is 39.0 Å². The smallest absolute Gasteiger partial charge is 0.308 e. The lowest BCUT2D eigenvalue weighted by atomic mass is 10.0. The molecule has 4 heteroatoms. The molecule has 106 valence electrons. The van der Waals surface area contributed by atoms with Gasteiger partial charge in [-0.2, -0.15) is 0 Å². The van der Waals surface area contributed by atoms with Crippen LogP contribution in [0, 0.1) is 5.92 Å². The number of benzene rings is 1. The monoisotopic (exact) mass is 266 g/mol. The first-order chi connectivity index (χ1) is 8.97. The average Bonchev–Trinajstić information content (AvgIpc) is 2.38. The molecule has 0 aliphatic rings. The van der Waals surface area contributed by atoms with E-state index in [1.165, 1.54) is 7.11 Å².